The highest BCUT2D eigenvalue weighted by Crippen LogP contribution is 2.39. The zero-order chi connectivity index (χ0) is 20.6. The quantitative estimate of drug-likeness (QED) is 0.289. The number of pyridine rings is 1. The van der Waals surface area contributed by atoms with Gasteiger partial charge in [-0.15, -0.1) is 0 Å². The molecular formula is C21H15Br2NO4S. The summed E-state index contributed by atoms with van der Waals surface area (Å²) in [6.07, 6.45) is 1.59. The molecule has 0 saturated carbocycles. The van der Waals surface area contributed by atoms with Gasteiger partial charge in [0.1, 0.15) is 16.2 Å². The molecule has 0 saturated heterocycles. The molecule has 0 radical (unpaired) electrons. The first-order chi connectivity index (χ1) is 13.9. The Morgan fingerprint density at radius 1 is 0.966 bits per heavy atom. The first kappa shape index (κ1) is 20.1. The van der Waals surface area contributed by atoms with Crippen LogP contribution in [0.4, 0.5) is 0 Å². The number of nitrogens with zero attached hydrogens (tertiary/aromatic N) is 1. The third-order valence-corrected chi connectivity index (χ3v) is 6.79. The summed E-state index contributed by atoms with van der Waals surface area (Å²) >= 11 is 6.85. The Hall–Kier alpha value is -2.16. The van der Waals surface area contributed by atoms with Gasteiger partial charge in [0.15, 0.2) is 5.75 Å². The lowest BCUT2D eigenvalue weighted by molar-refractivity contribution is 0.341. The predicted molar refractivity (Wildman–Crippen MR) is 120 cm³/mol. The van der Waals surface area contributed by atoms with E-state index in [0.717, 1.165) is 26.4 Å². The Kier molecular flexibility index (Phi) is 5.50. The molecule has 0 aliphatic heterocycles. The average Bonchev–Trinajstić information content (AvgIpc) is 2.71. The summed E-state index contributed by atoms with van der Waals surface area (Å²) in [6.45, 7) is 2.48. The molecule has 4 rings (SSSR count). The molecule has 0 atom stereocenters. The van der Waals surface area contributed by atoms with Gasteiger partial charge in [-0.2, -0.15) is 8.42 Å². The molecule has 0 aliphatic rings. The lowest BCUT2D eigenvalue weighted by Crippen LogP contribution is -2.10. The number of ether oxygens (including phenoxy) is 1. The summed E-state index contributed by atoms with van der Waals surface area (Å²) < 4.78 is 38.3. The van der Waals surface area contributed by atoms with E-state index in [1.165, 1.54) is 6.07 Å². The first-order valence-corrected chi connectivity index (χ1v) is 11.7. The molecule has 0 aliphatic carbocycles. The zero-order valence-electron chi connectivity index (χ0n) is 15.2. The van der Waals surface area contributed by atoms with Crippen molar-refractivity contribution in [2.75, 3.05) is 6.61 Å². The van der Waals surface area contributed by atoms with Crippen LogP contribution in [0.5, 0.6) is 11.5 Å². The molecule has 3 aromatic carbocycles. The molecule has 0 unspecified atom stereocenters. The highest BCUT2D eigenvalue weighted by molar-refractivity contribution is 9.11. The Morgan fingerprint density at radius 2 is 1.72 bits per heavy atom. The molecule has 1 heterocycles. The summed E-state index contributed by atoms with van der Waals surface area (Å²) in [5.41, 5.74) is 0.444. The van der Waals surface area contributed by atoms with E-state index >= 15 is 0 Å². The van der Waals surface area contributed by atoms with Crippen molar-refractivity contribution in [1.29, 1.82) is 0 Å². The van der Waals surface area contributed by atoms with E-state index in [4.69, 9.17) is 8.92 Å². The molecule has 0 spiro atoms. The van der Waals surface area contributed by atoms with Gasteiger partial charge >= 0.3 is 10.1 Å². The summed E-state index contributed by atoms with van der Waals surface area (Å²) in [5.74, 6) is 0.888. The molecule has 0 bridgehead atoms. The molecular weight excluding hydrogens is 522 g/mol. The van der Waals surface area contributed by atoms with Crippen LogP contribution in [0.15, 0.2) is 74.6 Å². The van der Waals surface area contributed by atoms with Crippen LogP contribution < -0.4 is 8.92 Å². The van der Waals surface area contributed by atoms with Crippen molar-refractivity contribution in [3.8, 4) is 11.5 Å². The van der Waals surface area contributed by atoms with Crippen LogP contribution in [0.1, 0.15) is 6.92 Å². The molecule has 1 aromatic heterocycles. The minimum Gasteiger partial charge on any atom is -0.494 e. The lowest BCUT2D eigenvalue weighted by atomic mass is 10.1. The first-order valence-electron chi connectivity index (χ1n) is 8.73. The number of halogens is 2. The zero-order valence-corrected chi connectivity index (χ0v) is 19.2. The van der Waals surface area contributed by atoms with Crippen LogP contribution in [0.3, 0.4) is 0 Å². The van der Waals surface area contributed by atoms with Crippen LogP contribution >= 0.6 is 31.9 Å². The monoisotopic (exact) mass is 535 g/mol. The predicted octanol–water partition coefficient (Wildman–Crippen LogP) is 6.08. The molecule has 29 heavy (non-hydrogen) atoms. The van der Waals surface area contributed by atoms with E-state index in [1.54, 1.807) is 30.5 Å². The summed E-state index contributed by atoms with van der Waals surface area (Å²) in [6, 6.07) is 15.7. The SMILES string of the molecule is CCOc1ccc2cc(S(=O)(=O)Oc3c(Br)cc(Br)c4cccnc34)ccc2c1. The fourth-order valence-corrected chi connectivity index (χ4v) is 5.45. The number of benzene rings is 3. The van der Waals surface area contributed by atoms with Gasteiger partial charge < -0.3 is 8.92 Å². The second-order valence-electron chi connectivity index (χ2n) is 6.21. The number of fused-ring (bicyclic) bond motifs is 2. The fourth-order valence-electron chi connectivity index (χ4n) is 3.00. The van der Waals surface area contributed by atoms with Crippen molar-refractivity contribution < 1.29 is 17.3 Å². The maximum Gasteiger partial charge on any atom is 0.339 e. The van der Waals surface area contributed by atoms with Gasteiger partial charge in [0.25, 0.3) is 0 Å². The summed E-state index contributed by atoms with van der Waals surface area (Å²) in [5, 5.41) is 2.41. The maximum absolute atomic E-state index is 13.0. The van der Waals surface area contributed by atoms with Gasteiger partial charge in [0.05, 0.1) is 11.1 Å². The van der Waals surface area contributed by atoms with Gasteiger partial charge in [0, 0.05) is 16.1 Å². The van der Waals surface area contributed by atoms with Crippen molar-refractivity contribution in [3.05, 3.63) is 69.7 Å². The Balaban J connectivity index is 1.76. The van der Waals surface area contributed by atoms with Gasteiger partial charge in [0.2, 0.25) is 0 Å². The topological polar surface area (TPSA) is 65.5 Å². The van der Waals surface area contributed by atoms with Crippen molar-refractivity contribution >= 4 is 63.7 Å². The number of aromatic nitrogens is 1. The van der Waals surface area contributed by atoms with Crippen molar-refractivity contribution in [2.24, 2.45) is 0 Å². The Labute approximate surface area is 185 Å². The molecule has 0 fully saturated rings. The van der Waals surface area contributed by atoms with E-state index in [-0.39, 0.29) is 10.6 Å². The van der Waals surface area contributed by atoms with Gasteiger partial charge in [-0.25, -0.2) is 0 Å². The second-order valence-corrected chi connectivity index (χ2v) is 9.47. The van der Waals surface area contributed by atoms with E-state index in [1.807, 2.05) is 31.2 Å². The van der Waals surface area contributed by atoms with Crippen LogP contribution in [0.25, 0.3) is 21.7 Å². The lowest BCUT2D eigenvalue weighted by Gasteiger charge is -2.12. The third-order valence-electron chi connectivity index (χ3n) is 4.33. The fraction of sp³-hybridized carbons (Fsp3) is 0.0952. The van der Waals surface area contributed by atoms with Crippen LogP contribution in [-0.2, 0) is 10.1 Å². The van der Waals surface area contributed by atoms with Gasteiger partial charge in [-0.3, -0.25) is 4.98 Å². The van der Waals surface area contributed by atoms with Crippen molar-refractivity contribution in [2.45, 2.75) is 11.8 Å². The van der Waals surface area contributed by atoms with E-state index in [9.17, 15) is 8.42 Å². The standard InChI is InChI=1S/C21H15Br2NO4S/c1-2-27-15-7-5-14-11-16(8-6-13(14)10-15)29(25,26)28-21-19(23)12-18(22)17-4-3-9-24-20(17)21/h3-12H,2H2,1H3. The molecule has 5 nitrogen and oxygen atoms in total. The molecule has 148 valence electrons. The number of hydrogen-bond donors (Lipinski definition) is 0. The smallest absolute Gasteiger partial charge is 0.339 e. The molecule has 0 N–H and O–H groups in total. The average molecular weight is 537 g/mol. The van der Waals surface area contributed by atoms with E-state index < -0.39 is 10.1 Å². The number of hydrogen-bond acceptors (Lipinski definition) is 5. The van der Waals surface area contributed by atoms with Crippen LogP contribution in [0.2, 0.25) is 0 Å². The highest BCUT2D eigenvalue weighted by Gasteiger charge is 2.22. The van der Waals surface area contributed by atoms with Crippen molar-refractivity contribution in [1.82, 2.24) is 4.98 Å². The molecule has 8 heteroatoms. The minimum absolute atomic E-state index is 0.0630. The normalized spacial score (nSPS) is 11.7. The van der Waals surface area contributed by atoms with Crippen molar-refractivity contribution in [3.63, 3.8) is 0 Å². The Morgan fingerprint density at radius 3 is 2.52 bits per heavy atom. The van der Waals surface area contributed by atoms with Crippen LogP contribution in [-0.4, -0.2) is 20.0 Å². The molecule has 0 amide bonds. The third kappa shape index (κ3) is 3.97. The minimum atomic E-state index is -4.07. The van der Waals surface area contributed by atoms with E-state index in [2.05, 4.69) is 36.8 Å². The number of rotatable bonds is 5. The maximum atomic E-state index is 13.0. The Bertz CT molecular complexity index is 1340. The highest BCUT2D eigenvalue weighted by atomic mass is 79.9. The van der Waals surface area contributed by atoms with Gasteiger partial charge in [-0.1, -0.05) is 34.1 Å². The largest absolute Gasteiger partial charge is 0.494 e. The van der Waals surface area contributed by atoms with Gasteiger partial charge in [-0.05, 0) is 70.0 Å². The molecule has 4 aromatic rings. The van der Waals surface area contributed by atoms with Crippen LogP contribution in [0, 0.1) is 0 Å². The summed E-state index contributed by atoms with van der Waals surface area (Å²) in [4.78, 5) is 4.36. The van der Waals surface area contributed by atoms with E-state index in [0.29, 0.717) is 16.6 Å². The summed E-state index contributed by atoms with van der Waals surface area (Å²) in [7, 11) is -4.07. The second kappa shape index (κ2) is 7.93.